The number of aliphatic carboxylic acids is 1. The van der Waals surface area contributed by atoms with Crippen LogP contribution in [0.15, 0.2) is 24.3 Å². The van der Waals surface area contributed by atoms with Crippen LogP contribution in [0.1, 0.15) is 12.5 Å². The molecule has 0 aromatic heterocycles. The van der Waals surface area contributed by atoms with Gasteiger partial charge in [-0.3, -0.25) is 14.9 Å². The van der Waals surface area contributed by atoms with Gasteiger partial charge in [0.15, 0.2) is 0 Å². The lowest BCUT2D eigenvalue weighted by molar-refractivity contribution is -0.139. The lowest BCUT2D eigenvalue weighted by atomic mass is 10.2. The van der Waals surface area contributed by atoms with Crippen LogP contribution in [0.4, 0.5) is 5.69 Å². The van der Waals surface area contributed by atoms with Crippen LogP contribution >= 0.6 is 0 Å². The SMILES string of the molecule is Cc1cccc(NC(=O)CN[C@@H](C)C(=O)O)c1. The summed E-state index contributed by atoms with van der Waals surface area (Å²) in [6.45, 7) is 3.39. The second-order valence-corrected chi connectivity index (χ2v) is 3.86. The van der Waals surface area contributed by atoms with E-state index >= 15 is 0 Å². The van der Waals surface area contributed by atoms with Crippen molar-refractivity contribution >= 4 is 17.6 Å². The zero-order chi connectivity index (χ0) is 12.8. The van der Waals surface area contributed by atoms with Crippen LogP contribution in [0.3, 0.4) is 0 Å². The van der Waals surface area contributed by atoms with E-state index in [0.717, 1.165) is 5.56 Å². The van der Waals surface area contributed by atoms with E-state index in [-0.39, 0.29) is 12.5 Å². The molecule has 0 fully saturated rings. The number of hydrogen-bond acceptors (Lipinski definition) is 3. The molecule has 3 N–H and O–H groups in total. The van der Waals surface area contributed by atoms with E-state index < -0.39 is 12.0 Å². The smallest absolute Gasteiger partial charge is 0.320 e. The standard InChI is InChI=1S/C12H16N2O3/c1-8-4-3-5-10(6-8)14-11(15)7-13-9(2)12(16)17/h3-6,9,13H,7H2,1-2H3,(H,14,15)(H,16,17)/t9-/m0/s1. The molecule has 0 spiro atoms. The highest BCUT2D eigenvalue weighted by atomic mass is 16.4. The van der Waals surface area contributed by atoms with Crippen LogP contribution in [-0.4, -0.2) is 29.6 Å². The van der Waals surface area contributed by atoms with Gasteiger partial charge in [-0.05, 0) is 31.5 Å². The predicted molar refractivity (Wildman–Crippen MR) is 64.9 cm³/mol. The molecule has 0 bridgehead atoms. The molecule has 1 amide bonds. The Morgan fingerprint density at radius 3 is 2.71 bits per heavy atom. The molecular weight excluding hydrogens is 220 g/mol. The van der Waals surface area contributed by atoms with Gasteiger partial charge < -0.3 is 10.4 Å². The predicted octanol–water partition coefficient (Wildman–Crippen LogP) is 0.996. The van der Waals surface area contributed by atoms with Gasteiger partial charge >= 0.3 is 5.97 Å². The molecule has 5 nitrogen and oxygen atoms in total. The number of carbonyl (C=O) groups is 2. The first-order chi connectivity index (χ1) is 7.99. The Balaban J connectivity index is 2.42. The second kappa shape index (κ2) is 6.00. The molecule has 1 rings (SSSR count). The van der Waals surface area contributed by atoms with Crippen molar-refractivity contribution in [2.45, 2.75) is 19.9 Å². The summed E-state index contributed by atoms with van der Waals surface area (Å²) >= 11 is 0. The Labute approximate surface area is 99.8 Å². The number of amides is 1. The van der Waals surface area contributed by atoms with Crippen molar-refractivity contribution in [1.29, 1.82) is 0 Å². The maximum atomic E-state index is 11.5. The van der Waals surface area contributed by atoms with Gasteiger partial charge in [0.25, 0.3) is 0 Å². The first-order valence-corrected chi connectivity index (χ1v) is 5.32. The minimum atomic E-state index is -0.978. The van der Waals surface area contributed by atoms with Crippen LogP contribution in [0.5, 0.6) is 0 Å². The molecule has 0 aliphatic carbocycles. The van der Waals surface area contributed by atoms with Gasteiger partial charge in [-0.15, -0.1) is 0 Å². The average molecular weight is 236 g/mol. The zero-order valence-electron chi connectivity index (χ0n) is 9.86. The van der Waals surface area contributed by atoms with Gasteiger partial charge in [-0.2, -0.15) is 0 Å². The summed E-state index contributed by atoms with van der Waals surface area (Å²) in [5, 5.41) is 13.9. The van der Waals surface area contributed by atoms with Crippen LogP contribution in [0, 0.1) is 6.92 Å². The molecule has 0 heterocycles. The minimum Gasteiger partial charge on any atom is -0.480 e. The highest BCUT2D eigenvalue weighted by Gasteiger charge is 2.11. The summed E-state index contributed by atoms with van der Waals surface area (Å²) in [7, 11) is 0. The third kappa shape index (κ3) is 4.65. The molecule has 1 atom stereocenters. The van der Waals surface area contributed by atoms with E-state index in [0.29, 0.717) is 5.69 Å². The Morgan fingerprint density at radius 1 is 1.41 bits per heavy atom. The van der Waals surface area contributed by atoms with Crippen molar-refractivity contribution in [3.63, 3.8) is 0 Å². The number of anilines is 1. The van der Waals surface area contributed by atoms with E-state index in [4.69, 9.17) is 5.11 Å². The number of rotatable bonds is 5. The Kier molecular flexibility index (Phi) is 4.66. The monoisotopic (exact) mass is 236 g/mol. The van der Waals surface area contributed by atoms with Gasteiger partial charge in [0, 0.05) is 5.69 Å². The van der Waals surface area contributed by atoms with E-state index in [9.17, 15) is 9.59 Å². The fourth-order valence-electron chi connectivity index (χ4n) is 1.26. The average Bonchev–Trinajstić information content (AvgIpc) is 2.25. The number of hydrogen-bond donors (Lipinski definition) is 3. The fourth-order valence-corrected chi connectivity index (χ4v) is 1.26. The lowest BCUT2D eigenvalue weighted by Crippen LogP contribution is -2.39. The Hall–Kier alpha value is -1.88. The molecule has 0 radical (unpaired) electrons. The van der Waals surface area contributed by atoms with Crippen molar-refractivity contribution in [2.75, 3.05) is 11.9 Å². The Morgan fingerprint density at radius 2 is 2.12 bits per heavy atom. The van der Waals surface area contributed by atoms with E-state index in [2.05, 4.69) is 10.6 Å². The van der Waals surface area contributed by atoms with Crippen LogP contribution < -0.4 is 10.6 Å². The molecule has 1 aromatic rings. The minimum absolute atomic E-state index is 0.0264. The number of aryl methyl sites for hydroxylation is 1. The molecule has 0 saturated carbocycles. The first-order valence-electron chi connectivity index (χ1n) is 5.32. The van der Waals surface area contributed by atoms with Gasteiger partial charge in [0.2, 0.25) is 5.91 Å². The molecule has 17 heavy (non-hydrogen) atoms. The van der Waals surface area contributed by atoms with E-state index in [1.807, 2.05) is 25.1 Å². The summed E-state index contributed by atoms with van der Waals surface area (Å²) in [6.07, 6.45) is 0. The first kappa shape index (κ1) is 13.2. The van der Waals surface area contributed by atoms with Crippen molar-refractivity contribution in [2.24, 2.45) is 0 Å². The van der Waals surface area contributed by atoms with E-state index in [1.54, 1.807) is 6.07 Å². The van der Waals surface area contributed by atoms with Gasteiger partial charge in [0.05, 0.1) is 6.54 Å². The number of benzene rings is 1. The number of nitrogens with one attached hydrogen (secondary N) is 2. The second-order valence-electron chi connectivity index (χ2n) is 3.86. The molecule has 0 aliphatic rings. The van der Waals surface area contributed by atoms with Crippen LogP contribution in [-0.2, 0) is 9.59 Å². The molecule has 0 unspecified atom stereocenters. The summed E-state index contributed by atoms with van der Waals surface area (Å²) in [5.41, 5.74) is 1.76. The maximum absolute atomic E-state index is 11.5. The van der Waals surface area contributed by atoms with Crippen molar-refractivity contribution < 1.29 is 14.7 Å². The zero-order valence-corrected chi connectivity index (χ0v) is 9.86. The quantitative estimate of drug-likeness (QED) is 0.712. The lowest BCUT2D eigenvalue weighted by Gasteiger charge is -2.09. The topological polar surface area (TPSA) is 78.4 Å². The summed E-state index contributed by atoms with van der Waals surface area (Å²) in [6, 6.07) is 6.67. The number of carboxylic acid groups (broad SMARTS) is 1. The van der Waals surface area contributed by atoms with Crippen molar-refractivity contribution in [1.82, 2.24) is 5.32 Å². The van der Waals surface area contributed by atoms with Crippen molar-refractivity contribution in [3.05, 3.63) is 29.8 Å². The molecule has 1 aromatic carbocycles. The third-order valence-electron chi connectivity index (χ3n) is 2.24. The summed E-state index contributed by atoms with van der Waals surface area (Å²) in [4.78, 5) is 22.0. The number of carboxylic acids is 1. The van der Waals surface area contributed by atoms with Crippen molar-refractivity contribution in [3.8, 4) is 0 Å². The van der Waals surface area contributed by atoms with Gasteiger partial charge in [0.1, 0.15) is 6.04 Å². The highest BCUT2D eigenvalue weighted by molar-refractivity contribution is 5.92. The highest BCUT2D eigenvalue weighted by Crippen LogP contribution is 2.08. The summed E-state index contributed by atoms with van der Waals surface area (Å²) < 4.78 is 0. The van der Waals surface area contributed by atoms with Gasteiger partial charge in [-0.25, -0.2) is 0 Å². The largest absolute Gasteiger partial charge is 0.480 e. The fraction of sp³-hybridized carbons (Fsp3) is 0.333. The molecule has 0 aliphatic heterocycles. The molecular formula is C12H16N2O3. The Bertz CT molecular complexity index is 418. The third-order valence-corrected chi connectivity index (χ3v) is 2.24. The summed E-state index contributed by atoms with van der Waals surface area (Å²) in [5.74, 6) is -1.24. The van der Waals surface area contributed by atoms with Gasteiger partial charge in [-0.1, -0.05) is 12.1 Å². The van der Waals surface area contributed by atoms with Crippen LogP contribution in [0.25, 0.3) is 0 Å². The molecule has 5 heteroatoms. The van der Waals surface area contributed by atoms with E-state index in [1.165, 1.54) is 6.92 Å². The number of carbonyl (C=O) groups excluding carboxylic acids is 1. The normalized spacial score (nSPS) is 11.9. The molecule has 92 valence electrons. The molecule has 0 saturated heterocycles. The van der Waals surface area contributed by atoms with Crippen LogP contribution in [0.2, 0.25) is 0 Å². The maximum Gasteiger partial charge on any atom is 0.320 e.